The van der Waals surface area contributed by atoms with Crippen LogP contribution in [0.15, 0.2) is 24.3 Å². The van der Waals surface area contributed by atoms with E-state index in [4.69, 9.17) is 11.6 Å². The van der Waals surface area contributed by atoms with Crippen molar-refractivity contribution in [3.8, 4) is 0 Å². The number of carbonyl (C=O) groups is 1. The lowest BCUT2D eigenvalue weighted by atomic mass is 9.93. The number of hydrogen-bond acceptors (Lipinski definition) is 2. The molecule has 1 amide bonds. The molecule has 2 bridgehead atoms. The average Bonchev–Trinajstić information content (AvgIpc) is 3.05. The van der Waals surface area contributed by atoms with Gasteiger partial charge in [0.2, 0.25) is 5.91 Å². The Morgan fingerprint density at radius 1 is 1.39 bits per heavy atom. The molecule has 1 N–H and O–H groups in total. The number of rotatable bonds is 4. The lowest BCUT2D eigenvalue weighted by molar-refractivity contribution is -0.125. The Kier molecular flexibility index (Phi) is 3.44. The molecule has 96 valence electrons. The van der Waals surface area contributed by atoms with Crippen LogP contribution in [0.3, 0.4) is 0 Å². The summed E-state index contributed by atoms with van der Waals surface area (Å²) in [6, 6.07) is 3.93. The lowest BCUT2D eigenvalue weighted by Crippen LogP contribution is -2.34. The molecule has 1 fully saturated rings. The van der Waals surface area contributed by atoms with Gasteiger partial charge in [0.15, 0.2) is 0 Å². The maximum absolute atomic E-state index is 12.1. The molecule has 3 rings (SSSR count). The molecular weight excluding hydrogens is 266 g/mol. The fraction of sp³-hybridized carbons (Fsp3) is 0.500. The molecule has 2 nitrogen and oxygen atoms in total. The second kappa shape index (κ2) is 5.06. The van der Waals surface area contributed by atoms with Gasteiger partial charge >= 0.3 is 0 Å². The summed E-state index contributed by atoms with van der Waals surface area (Å²) in [5.74, 6) is 1.59. The molecule has 18 heavy (non-hydrogen) atoms. The van der Waals surface area contributed by atoms with Crippen LogP contribution in [-0.4, -0.2) is 12.5 Å². The first-order valence-electron chi connectivity index (χ1n) is 6.42. The van der Waals surface area contributed by atoms with Crippen molar-refractivity contribution in [1.82, 2.24) is 5.32 Å². The summed E-state index contributed by atoms with van der Waals surface area (Å²) in [5.41, 5.74) is 0. The fourth-order valence-electron chi connectivity index (χ4n) is 3.01. The molecule has 2 aliphatic carbocycles. The minimum Gasteiger partial charge on any atom is -0.355 e. The predicted octanol–water partition coefficient (Wildman–Crippen LogP) is 3.27. The van der Waals surface area contributed by atoms with E-state index in [1.165, 1.54) is 11.3 Å². The molecular formula is C14H16ClNOS. The molecule has 3 unspecified atom stereocenters. The van der Waals surface area contributed by atoms with Crippen LogP contribution in [0, 0.1) is 17.8 Å². The minimum absolute atomic E-state index is 0.215. The number of fused-ring (bicyclic) bond motifs is 2. The Morgan fingerprint density at radius 2 is 2.28 bits per heavy atom. The van der Waals surface area contributed by atoms with Gasteiger partial charge in [-0.2, -0.15) is 0 Å². The third-order valence-electron chi connectivity index (χ3n) is 3.92. The van der Waals surface area contributed by atoms with E-state index < -0.39 is 0 Å². The molecule has 1 aromatic heterocycles. The highest BCUT2D eigenvalue weighted by molar-refractivity contribution is 7.16. The van der Waals surface area contributed by atoms with Crippen molar-refractivity contribution in [1.29, 1.82) is 0 Å². The number of nitrogens with one attached hydrogen (secondary N) is 1. The minimum atomic E-state index is 0.215. The Bertz CT molecular complexity index is 482. The van der Waals surface area contributed by atoms with Crippen LogP contribution in [0.1, 0.15) is 17.7 Å². The molecule has 2 aliphatic rings. The average molecular weight is 282 g/mol. The highest BCUT2D eigenvalue weighted by atomic mass is 35.5. The molecule has 0 radical (unpaired) electrons. The number of amides is 1. The highest BCUT2D eigenvalue weighted by Crippen LogP contribution is 2.43. The van der Waals surface area contributed by atoms with Crippen molar-refractivity contribution < 1.29 is 4.79 Å². The summed E-state index contributed by atoms with van der Waals surface area (Å²) in [4.78, 5) is 13.3. The van der Waals surface area contributed by atoms with Crippen LogP contribution in [0.4, 0.5) is 0 Å². The zero-order valence-corrected chi connectivity index (χ0v) is 11.6. The van der Waals surface area contributed by atoms with E-state index in [0.29, 0.717) is 18.4 Å². The monoisotopic (exact) mass is 281 g/mol. The van der Waals surface area contributed by atoms with Gasteiger partial charge in [-0.05, 0) is 43.2 Å². The first-order chi connectivity index (χ1) is 8.72. The summed E-state index contributed by atoms with van der Waals surface area (Å²) in [7, 11) is 0. The van der Waals surface area contributed by atoms with Crippen molar-refractivity contribution in [3.63, 3.8) is 0 Å². The maximum Gasteiger partial charge on any atom is 0.223 e. The van der Waals surface area contributed by atoms with E-state index in [1.54, 1.807) is 11.3 Å². The van der Waals surface area contributed by atoms with Crippen molar-refractivity contribution in [2.45, 2.75) is 19.3 Å². The second-order valence-corrected chi connectivity index (χ2v) is 6.93. The van der Waals surface area contributed by atoms with E-state index in [2.05, 4.69) is 17.5 Å². The van der Waals surface area contributed by atoms with Gasteiger partial charge in [0.1, 0.15) is 0 Å². The van der Waals surface area contributed by atoms with Crippen molar-refractivity contribution in [3.05, 3.63) is 33.5 Å². The van der Waals surface area contributed by atoms with Gasteiger partial charge in [-0.1, -0.05) is 23.8 Å². The Balaban J connectivity index is 1.46. The molecule has 0 saturated heterocycles. The van der Waals surface area contributed by atoms with E-state index >= 15 is 0 Å². The van der Waals surface area contributed by atoms with Crippen LogP contribution in [0.2, 0.25) is 4.34 Å². The quantitative estimate of drug-likeness (QED) is 0.843. The molecule has 1 aromatic rings. The molecule has 0 spiro atoms. The number of allylic oxidation sites excluding steroid dienone is 2. The SMILES string of the molecule is O=C(NCCc1ccc(Cl)s1)C1CC2C=CC1C2. The van der Waals surface area contributed by atoms with Crippen LogP contribution < -0.4 is 5.32 Å². The normalized spacial score (nSPS) is 28.8. The second-order valence-electron chi connectivity index (χ2n) is 5.13. The molecule has 3 atom stereocenters. The highest BCUT2D eigenvalue weighted by Gasteiger charge is 2.39. The first kappa shape index (κ1) is 12.2. The molecule has 1 saturated carbocycles. The number of carbonyl (C=O) groups excluding carboxylic acids is 1. The summed E-state index contributed by atoms with van der Waals surface area (Å²) >= 11 is 7.46. The molecule has 0 aromatic carbocycles. The standard InChI is InChI=1S/C14H16ClNOS/c15-13-4-3-11(18-13)5-6-16-14(17)12-8-9-1-2-10(12)7-9/h1-4,9-10,12H,5-8H2,(H,16,17). The third-order valence-corrected chi connectivity index (χ3v) is 5.21. The van der Waals surface area contributed by atoms with Crippen LogP contribution in [-0.2, 0) is 11.2 Å². The van der Waals surface area contributed by atoms with Crippen LogP contribution in [0.25, 0.3) is 0 Å². The van der Waals surface area contributed by atoms with Gasteiger partial charge in [-0.15, -0.1) is 11.3 Å². The summed E-state index contributed by atoms with van der Waals surface area (Å²) < 4.78 is 0.814. The lowest BCUT2D eigenvalue weighted by Gasteiger charge is -2.17. The van der Waals surface area contributed by atoms with Gasteiger partial charge in [0.25, 0.3) is 0 Å². The van der Waals surface area contributed by atoms with Crippen LogP contribution >= 0.6 is 22.9 Å². The third kappa shape index (κ3) is 2.47. The largest absolute Gasteiger partial charge is 0.355 e. The Hall–Kier alpha value is -0.800. The fourth-order valence-corrected chi connectivity index (χ4v) is 4.10. The zero-order chi connectivity index (χ0) is 12.5. The van der Waals surface area contributed by atoms with Gasteiger partial charge in [0, 0.05) is 17.3 Å². The zero-order valence-electron chi connectivity index (χ0n) is 10.1. The van der Waals surface area contributed by atoms with Crippen molar-refractivity contribution >= 4 is 28.8 Å². The Morgan fingerprint density at radius 3 is 2.89 bits per heavy atom. The molecule has 1 heterocycles. The summed E-state index contributed by atoms with van der Waals surface area (Å²) in [6.45, 7) is 0.716. The van der Waals surface area contributed by atoms with Crippen LogP contribution in [0.5, 0.6) is 0 Å². The topological polar surface area (TPSA) is 29.1 Å². The summed E-state index contributed by atoms with van der Waals surface area (Å²) in [6.07, 6.45) is 7.58. The maximum atomic E-state index is 12.1. The van der Waals surface area contributed by atoms with E-state index in [-0.39, 0.29) is 11.8 Å². The Labute approximate surface area is 116 Å². The van der Waals surface area contributed by atoms with Gasteiger partial charge < -0.3 is 5.32 Å². The molecule has 4 heteroatoms. The number of halogens is 1. The molecule has 0 aliphatic heterocycles. The van der Waals surface area contributed by atoms with E-state index in [0.717, 1.165) is 17.2 Å². The van der Waals surface area contributed by atoms with E-state index in [1.807, 2.05) is 12.1 Å². The van der Waals surface area contributed by atoms with E-state index in [9.17, 15) is 4.79 Å². The van der Waals surface area contributed by atoms with Gasteiger partial charge in [-0.25, -0.2) is 0 Å². The van der Waals surface area contributed by atoms with Crippen molar-refractivity contribution in [2.75, 3.05) is 6.54 Å². The van der Waals surface area contributed by atoms with Gasteiger partial charge in [-0.3, -0.25) is 4.79 Å². The first-order valence-corrected chi connectivity index (χ1v) is 7.62. The number of hydrogen-bond donors (Lipinski definition) is 1. The smallest absolute Gasteiger partial charge is 0.223 e. The number of thiophene rings is 1. The summed E-state index contributed by atoms with van der Waals surface area (Å²) in [5, 5.41) is 3.06. The van der Waals surface area contributed by atoms with Gasteiger partial charge in [0.05, 0.1) is 4.34 Å². The van der Waals surface area contributed by atoms with Crippen molar-refractivity contribution in [2.24, 2.45) is 17.8 Å². The predicted molar refractivity (Wildman–Crippen MR) is 74.9 cm³/mol.